The fraction of sp³-hybridized carbons (Fsp3) is 0.571. The molecule has 1 rings (SSSR count). The molecule has 0 aliphatic carbocycles. The summed E-state index contributed by atoms with van der Waals surface area (Å²) in [6, 6.07) is 8.20. The van der Waals surface area contributed by atoms with Gasteiger partial charge < -0.3 is 14.8 Å². The molecule has 96 valence electrons. The van der Waals surface area contributed by atoms with Gasteiger partial charge in [-0.2, -0.15) is 0 Å². The van der Waals surface area contributed by atoms with Crippen LogP contribution in [0.1, 0.15) is 25.3 Å². The summed E-state index contributed by atoms with van der Waals surface area (Å²) in [7, 11) is 1.68. The third-order valence-electron chi connectivity index (χ3n) is 2.49. The molecule has 0 saturated heterocycles. The Morgan fingerprint density at radius 1 is 1.24 bits per heavy atom. The van der Waals surface area contributed by atoms with Gasteiger partial charge in [0.15, 0.2) is 0 Å². The van der Waals surface area contributed by atoms with Crippen LogP contribution >= 0.6 is 0 Å². The van der Waals surface area contributed by atoms with Crippen LogP contribution in [-0.4, -0.2) is 26.9 Å². The van der Waals surface area contributed by atoms with Crippen molar-refractivity contribution in [2.75, 3.05) is 26.9 Å². The van der Waals surface area contributed by atoms with Gasteiger partial charge in [-0.15, -0.1) is 0 Å². The van der Waals surface area contributed by atoms with Crippen molar-refractivity contribution in [3.8, 4) is 5.75 Å². The summed E-state index contributed by atoms with van der Waals surface area (Å²) in [6.45, 7) is 5.40. The number of hydrogen-bond donors (Lipinski definition) is 1. The molecule has 0 aliphatic heterocycles. The summed E-state index contributed by atoms with van der Waals surface area (Å²) in [4.78, 5) is 0. The zero-order valence-corrected chi connectivity index (χ0v) is 10.9. The standard InChI is InChI=1S/C14H23NO2/c1-3-4-8-15-12-13-6-5-7-14(11-13)17-10-9-16-2/h5-7,11,15H,3-4,8-10,12H2,1-2H3. The van der Waals surface area contributed by atoms with Crippen molar-refractivity contribution in [1.29, 1.82) is 0 Å². The van der Waals surface area contributed by atoms with Crippen molar-refractivity contribution in [2.45, 2.75) is 26.3 Å². The van der Waals surface area contributed by atoms with Crippen LogP contribution in [0.25, 0.3) is 0 Å². The zero-order chi connectivity index (χ0) is 12.3. The Balaban J connectivity index is 2.31. The van der Waals surface area contributed by atoms with Gasteiger partial charge in [-0.1, -0.05) is 25.5 Å². The number of benzene rings is 1. The average molecular weight is 237 g/mol. The third-order valence-corrected chi connectivity index (χ3v) is 2.49. The molecule has 1 aromatic rings. The normalized spacial score (nSPS) is 10.5. The molecule has 0 atom stereocenters. The van der Waals surface area contributed by atoms with Crippen molar-refractivity contribution in [2.24, 2.45) is 0 Å². The minimum Gasteiger partial charge on any atom is -0.491 e. The number of hydrogen-bond acceptors (Lipinski definition) is 3. The Labute approximate surface area is 104 Å². The van der Waals surface area contributed by atoms with Gasteiger partial charge in [-0.25, -0.2) is 0 Å². The highest BCUT2D eigenvalue weighted by molar-refractivity contribution is 5.28. The van der Waals surface area contributed by atoms with Crippen LogP contribution in [0.15, 0.2) is 24.3 Å². The lowest BCUT2D eigenvalue weighted by Gasteiger charge is -2.08. The second-order valence-corrected chi connectivity index (χ2v) is 4.02. The molecule has 0 amide bonds. The van der Waals surface area contributed by atoms with Crippen molar-refractivity contribution < 1.29 is 9.47 Å². The van der Waals surface area contributed by atoms with Gasteiger partial charge in [0.1, 0.15) is 12.4 Å². The largest absolute Gasteiger partial charge is 0.491 e. The SMILES string of the molecule is CCCCNCc1cccc(OCCOC)c1. The molecule has 1 aromatic carbocycles. The van der Waals surface area contributed by atoms with Crippen molar-refractivity contribution >= 4 is 0 Å². The highest BCUT2D eigenvalue weighted by Gasteiger charge is 1.96. The lowest BCUT2D eigenvalue weighted by Crippen LogP contribution is -2.14. The lowest BCUT2D eigenvalue weighted by molar-refractivity contribution is 0.146. The Hall–Kier alpha value is -1.06. The quantitative estimate of drug-likeness (QED) is 0.670. The number of ether oxygens (including phenoxy) is 2. The Bertz CT molecular complexity index is 302. The molecular formula is C14H23NO2. The van der Waals surface area contributed by atoms with Gasteiger partial charge in [0.2, 0.25) is 0 Å². The topological polar surface area (TPSA) is 30.5 Å². The van der Waals surface area contributed by atoms with E-state index < -0.39 is 0 Å². The van der Waals surface area contributed by atoms with Gasteiger partial charge >= 0.3 is 0 Å². The molecule has 0 fully saturated rings. The monoisotopic (exact) mass is 237 g/mol. The molecule has 0 aromatic heterocycles. The van der Waals surface area contributed by atoms with Crippen LogP contribution in [0.4, 0.5) is 0 Å². The molecule has 0 saturated carbocycles. The molecule has 17 heavy (non-hydrogen) atoms. The fourth-order valence-corrected chi connectivity index (χ4v) is 1.52. The minimum atomic E-state index is 0.600. The smallest absolute Gasteiger partial charge is 0.119 e. The van der Waals surface area contributed by atoms with Crippen molar-refractivity contribution in [3.63, 3.8) is 0 Å². The van der Waals surface area contributed by atoms with Crippen LogP contribution in [0, 0.1) is 0 Å². The minimum absolute atomic E-state index is 0.600. The first-order chi connectivity index (χ1) is 8.36. The van der Waals surface area contributed by atoms with E-state index in [9.17, 15) is 0 Å². The van der Waals surface area contributed by atoms with Crippen LogP contribution in [0.5, 0.6) is 5.75 Å². The van der Waals surface area contributed by atoms with E-state index in [0.29, 0.717) is 13.2 Å². The van der Waals surface area contributed by atoms with Crippen LogP contribution in [0.3, 0.4) is 0 Å². The summed E-state index contributed by atoms with van der Waals surface area (Å²) in [5, 5.41) is 3.42. The lowest BCUT2D eigenvalue weighted by atomic mass is 10.2. The van der Waals surface area contributed by atoms with Crippen LogP contribution < -0.4 is 10.1 Å². The fourth-order valence-electron chi connectivity index (χ4n) is 1.52. The predicted octanol–water partition coefficient (Wildman–Crippen LogP) is 2.60. The number of rotatable bonds is 9. The third kappa shape index (κ3) is 6.29. The molecular weight excluding hydrogens is 214 g/mol. The molecule has 3 nitrogen and oxygen atoms in total. The summed E-state index contributed by atoms with van der Waals surface area (Å²) >= 11 is 0. The Morgan fingerprint density at radius 2 is 2.12 bits per heavy atom. The highest BCUT2D eigenvalue weighted by atomic mass is 16.5. The summed E-state index contributed by atoms with van der Waals surface area (Å²) in [5.74, 6) is 0.914. The Kier molecular flexibility index (Phi) is 7.43. The van der Waals surface area contributed by atoms with E-state index in [1.165, 1.54) is 18.4 Å². The second kappa shape index (κ2) is 9.02. The maximum Gasteiger partial charge on any atom is 0.119 e. The first-order valence-electron chi connectivity index (χ1n) is 6.28. The van der Waals surface area contributed by atoms with Gasteiger partial charge in [0.05, 0.1) is 6.61 Å². The first kappa shape index (κ1) is 14.0. The molecule has 0 unspecified atom stereocenters. The van der Waals surface area contributed by atoms with Gasteiger partial charge in [0, 0.05) is 13.7 Å². The van der Waals surface area contributed by atoms with Crippen molar-refractivity contribution in [3.05, 3.63) is 29.8 Å². The zero-order valence-electron chi connectivity index (χ0n) is 10.9. The molecule has 3 heteroatoms. The second-order valence-electron chi connectivity index (χ2n) is 4.02. The molecule has 1 N–H and O–H groups in total. The van der Waals surface area contributed by atoms with Gasteiger partial charge in [-0.05, 0) is 30.7 Å². The summed E-state index contributed by atoms with van der Waals surface area (Å²) < 4.78 is 10.5. The summed E-state index contributed by atoms with van der Waals surface area (Å²) in [6.07, 6.45) is 2.46. The van der Waals surface area contributed by atoms with Crippen LogP contribution in [0.2, 0.25) is 0 Å². The van der Waals surface area contributed by atoms with E-state index in [1.807, 2.05) is 12.1 Å². The van der Waals surface area contributed by atoms with E-state index in [4.69, 9.17) is 9.47 Å². The van der Waals surface area contributed by atoms with E-state index >= 15 is 0 Å². The van der Waals surface area contributed by atoms with Crippen molar-refractivity contribution in [1.82, 2.24) is 5.32 Å². The summed E-state index contributed by atoms with van der Waals surface area (Å²) in [5.41, 5.74) is 1.26. The molecule has 0 bridgehead atoms. The maximum atomic E-state index is 5.56. The van der Waals surface area contributed by atoms with Gasteiger partial charge in [0.25, 0.3) is 0 Å². The number of methoxy groups -OCH3 is 1. The van der Waals surface area contributed by atoms with E-state index in [-0.39, 0.29) is 0 Å². The predicted molar refractivity (Wildman–Crippen MR) is 70.4 cm³/mol. The molecule has 0 aliphatic rings. The van der Waals surface area contributed by atoms with E-state index in [1.54, 1.807) is 7.11 Å². The molecule has 0 spiro atoms. The van der Waals surface area contributed by atoms with Crippen LogP contribution in [-0.2, 0) is 11.3 Å². The van der Waals surface area contributed by atoms with Gasteiger partial charge in [-0.3, -0.25) is 0 Å². The molecule has 0 radical (unpaired) electrons. The average Bonchev–Trinajstić information content (AvgIpc) is 2.36. The first-order valence-corrected chi connectivity index (χ1v) is 6.28. The van der Waals surface area contributed by atoms with E-state index in [0.717, 1.165) is 18.8 Å². The number of nitrogens with one attached hydrogen (secondary N) is 1. The van der Waals surface area contributed by atoms with E-state index in [2.05, 4.69) is 24.4 Å². The Morgan fingerprint density at radius 3 is 2.88 bits per heavy atom. The highest BCUT2D eigenvalue weighted by Crippen LogP contribution is 2.13. The maximum absolute atomic E-state index is 5.56. The number of unbranched alkanes of at least 4 members (excludes halogenated alkanes) is 1. The molecule has 0 heterocycles.